The normalized spacial score (nSPS) is 14.3. The minimum atomic E-state index is 0.0500. The first kappa shape index (κ1) is 18.5. The van der Waals surface area contributed by atoms with Crippen LogP contribution in [0.4, 0.5) is 5.82 Å². The summed E-state index contributed by atoms with van der Waals surface area (Å²) in [5, 5.41) is 8.82. The molecule has 0 spiro atoms. The van der Waals surface area contributed by atoms with Gasteiger partial charge < -0.3 is 19.8 Å². The van der Waals surface area contributed by atoms with E-state index in [9.17, 15) is 0 Å². The zero-order chi connectivity index (χ0) is 20.7. The van der Waals surface area contributed by atoms with Crippen LogP contribution in [0.2, 0.25) is 0 Å². The van der Waals surface area contributed by atoms with E-state index in [0.29, 0.717) is 19.1 Å². The lowest BCUT2D eigenvalue weighted by molar-refractivity contribution is 0.171. The second kappa shape index (κ2) is 7.37. The van der Waals surface area contributed by atoms with Crippen LogP contribution in [0, 0.1) is 5.92 Å². The molecular weight excluding hydrogens is 380 g/mol. The standard InChI is InChI=1S/C22H24N6O2/c1-13(2)20(14-4-5-18-19(10-14)30-9-8-29-18)27-22-15-11-16(17-6-7-25-28(17)3)26-21(15)23-12-24-22/h4-7,10-13,20H,8-9H2,1-3H3,(H2,23,24,26,27)/t20-/m1/s1. The highest BCUT2D eigenvalue weighted by Crippen LogP contribution is 2.36. The second-order valence-corrected chi connectivity index (χ2v) is 7.78. The number of nitrogens with one attached hydrogen (secondary N) is 2. The summed E-state index contributed by atoms with van der Waals surface area (Å²) in [6.07, 6.45) is 3.36. The third-order valence-corrected chi connectivity index (χ3v) is 5.41. The van der Waals surface area contributed by atoms with Crippen LogP contribution in [-0.2, 0) is 7.05 Å². The van der Waals surface area contributed by atoms with Gasteiger partial charge in [0.1, 0.15) is 31.0 Å². The lowest BCUT2D eigenvalue weighted by Gasteiger charge is -2.26. The average Bonchev–Trinajstić information content (AvgIpc) is 3.37. The predicted octanol–water partition coefficient (Wildman–Crippen LogP) is 3.94. The number of hydrogen-bond donors (Lipinski definition) is 2. The smallest absolute Gasteiger partial charge is 0.161 e. The van der Waals surface area contributed by atoms with Crippen molar-refractivity contribution in [1.29, 1.82) is 0 Å². The highest BCUT2D eigenvalue weighted by molar-refractivity contribution is 5.91. The summed E-state index contributed by atoms with van der Waals surface area (Å²) in [6, 6.07) is 10.2. The number of aromatic amines is 1. The minimum Gasteiger partial charge on any atom is -0.486 e. The quantitative estimate of drug-likeness (QED) is 0.524. The Hall–Kier alpha value is -3.55. The van der Waals surface area contributed by atoms with Crippen LogP contribution in [0.15, 0.2) is 42.9 Å². The summed E-state index contributed by atoms with van der Waals surface area (Å²) in [5.41, 5.74) is 3.86. The molecule has 0 saturated heterocycles. The summed E-state index contributed by atoms with van der Waals surface area (Å²) in [7, 11) is 1.92. The summed E-state index contributed by atoms with van der Waals surface area (Å²) in [5.74, 6) is 2.70. The van der Waals surface area contributed by atoms with Gasteiger partial charge in [-0.3, -0.25) is 4.68 Å². The lowest BCUT2D eigenvalue weighted by atomic mass is 9.95. The van der Waals surface area contributed by atoms with Crippen LogP contribution in [0.1, 0.15) is 25.5 Å². The third kappa shape index (κ3) is 3.24. The molecule has 0 saturated carbocycles. The molecule has 154 valence electrons. The number of fused-ring (bicyclic) bond motifs is 2. The molecule has 5 rings (SSSR count). The number of ether oxygens (including phenoxy) is 2. The van der Waals surface area contributed by atoms with E-state index in [2.05, 4.69) is 57.4 Å². The first-order valence-corrected chi connectivity index (χ1v) is 10.1. The highest BCUT2D eigenvalue weighted by atomic mass is 16.6. The van der Waals surface area contributed by atoms with Crippen molar-refractivity contribution in [1.82, 2.24) is 24.7 Å². The Kier molecular flexibility index (Phi) is 4.54. The van der Waals surface area contributed by atoms with Crippen LogP contribution < -0.4 is 14.8 Å². The molecule has 0 aliphatic carbocycles. The van der Waals surface area contributed by atoms with Gasteiger partial charge in [-0.15, -0.1) is 0 Å². The largest absolute Gasteiger partial charge is 0.486 e. The Balaban J connectivity index is 1.51. The predicted molar refractivity (Wildman–Crippen MR) is 115 cm³/mol. The van der Waals surface area contributed by atoms with Crippen LogP contribution in [-0.4, -0.2) is 37.9 Å². The molecule has 8 heteroatoms. The molecule has 4 aromatic rings. The molecule has 0 amide bonds. The summed E-state index contributed by atoms with van der Waals surface area (Å²) >= 11 is 0. The van der Waals surface area contributed by atoms with E-state index in [1.165, 1.54) is 0 Å². The average molecular weight is 404 g/mol. The van der Waals surface area contributed by atoms with Crippen molar-refractivity contribution >= 4 is 16.9 Å². The topological polar surface area (TPSA) is 89.9 Å². The molecule has 1 aromatic carbocycles. The zero-order valence-electron chi connectivity index (χ0n) is 17.2. The molecule has 8 nitrogen and oxygen atoms in total. The number of nitrogens with zero attached hydrogens (tertiary/aromatic N) is 4. The molecule has 0 fully saturated rings. The van der Waals surface area contributed by atoms with E-state index in [4.69, 9.17) is 9.47 Å². The fourth-order valence-electron chi connectivity index (χ4n) is 3.87. The van der Waals surface area contributed by atoms with Gasteiger partial charge in [0.25, 0.3) is 0 Å². The van der Waals surface area contributed by atoms with E-state index in [0.717, 1.165) is 45.3 Å². The van der Waals surface area contributed by atoms with E-state index < -0.39 is 0 Å². The van der Waals surface area contributed by atoms with Gasteiger partial charge in [-0.2, -0.15) is 5.10 Å². The van der Waals surface area contributed by atoms with Crippen molar-refractivity contribution in [3.63, 3.8) is 0 Å². The maximum absolute atomic E-state index is 5.78. The van der Waals surface area contributed by atoms with Gasteiger partial charge in [-0.25, -0.2) is 9.97 Å². The molecular formula is C22H24N6O2. The lowest BCUT2D eigenvalue weighted by Crippen LogP contribution is -2.19. The highest BCUT2D eigenvalue weighted by Gasteiger charge is 2.21. The minimum absolute atomic E-state index is 0.0500. The maximum Gasteiger partial charge on any atom is 0.161 e. The van der Waals surface area contributed by atoms with Crippen LogP contribution in [0.5, 0.6) is 11.5 Å². The van der Waals surface area contributed by atoms with Gasteiger partial charge >= 0.3 is 0 Å². The molecule has 0 unspecified atom stereocenters. The fourth-order valence-corrected chi connectivity index (χ4v) is 3.87. The monoisotopic (exact) mass is 404 g/mol. The van der Waals surface area contributed by atoms with Crippen molar-refractivity contribution in [3.8, 4) is 22.9 Å². The van der Waals surface area contributed by atoms with Crippen molar-refractivity contribution in [3.05, 3.63) is 48.4 Å². The molecule has 1 aliphatic rings. The number of aromatic nitrogens is 5. The number of benzene rings is 1. The van der Waals surface area contributed by atoms with Gasteiger partial charge in [0.2, 0.25) is 0 Å². The van der Waals surface area contributed by atoms with E-state index >= 15 is 0 Å². The van der Waals surface area contributed by atoms with Crippen LogP contribution in [0.3, 0.4) is 0 Å². The molecule has 3 aromatic heterocycles. The Morgan fingerprint density at radius 2 is 1.90 bits per heavy atom. The van der Waals surface area contributed by atoms with Crippen LogP contribution in [0.25, 0.3) is 22.4 Å². The third-order valence-electron chi connectivity index (χ3n) is 5.41. The fraction of sp³-hybridized carbons (Fsp3) is 0.318. The Morgan fingerprint density at radius 3 is 2.67 bits per heavy atom. The Labute approximate surface area is 174 Å². The number of H-pyrrole nitrogens is 1. The van der Waals surface area contributed by atoms with Gasteiger partial charge in [-0.1, -0.05) is 19.9 Å². The van der Waals surface area contributed by atoms with Crippen molar-refractivity contribution < 1.29 is 9.47 Å². The molecule has 0 radical (unpaired) electrons. The number of aryl methyl sites for hydroxylation is 1. The molecule has 30 heavy (non-hydrogen) atoms. The number of hydrogen-bond acceptors (Lipinski definition) is 6. The van der Waals surface area contributed by atoms with E-state index in [-0.39, 0.29) is 6.04 Å². The first-order chi connectivity index (χ1) is 14.6. The molecule has 2 N–H and O–H groups in total. The molecule has 1 aliphatic heterocycles. The van der Waals surface area contributed by atoms with Gasteiger partial charge in [0.15, 0.2) is 11.5 Å². The van der Waals surface area contributed by atoms with Gasteiger partial charge in [0.05, 0.1) is 22.8 Å². The van der Waals surface area contributed by atoms with Gasteiger partial charge in [0, 0.05) is 13.2 Å². The number of anilines is 1. The second-order valence-electron chi connectivity index (χ2n) is 7.78. The Bertz CT molecular complexity index is 1200. The van der Waals surface area contributed by atoms with E-state index in [1.54, 1.807) is 12.5 Å². The first-order valence-electron chi connectivity index (χ1n) is 10.1. The summed E-state index contributed by atoms with van der Waals surface area (Å²) in [4.78, 5) is 12.3. The maximum atomic E-state index is 5.78. The van der Waals surface area contributed by atoms with Gasteiger partial charge in [-0.05, 0) is 35.7 Å². The Morgan fingerprint density at radius 1 is 1.07 bits per heavy atom. The molecule has 4 heterocycles. The van der Waals surface area contributed by atoms with Crippen molar-refractivity contribution in [2.75, 3.05) is 18.5 Å². The van der Waals surface area contributed by atoms with Crippen molar-refractivity contribution in [2.45, 2.75) is 19.9 Å². The zero-order valence-corrected chi connectivity index (χ0v) is 17.2. The molecule has 0 bridgehead atoms. The summed E-state index contributed by atoms with van der Waals surface area (Å²) < 4.78 is 13.3. The van der Waals surface area contributed by atoms with Crippen molar-refractivity contribution in [2.24, 2.45) is 13.0 Å². The van der Waals surface area contributed by atoms with E-state index in [1.807, 2.05) is 23.9 Å². The number of rotatable bonds is 5. The molecule has 1 atom stereocenters. The van der Waals surface area contributed by atoms with Crippen LogP contribution >= 0.6 is 0 Å². The summed E-state index contributed by atoms with van der Waals surface area (Å²) in [6.45, 7) is 5.53. The SMILES string of the molecule is CC(C)[C@@H](Nc1ncnc2[nH]c(-c3ccnn3C)cc12)c1ccc2c(c1)OCCO2.